The van der Waals surface area contributed by atoms with E-state index in [1.54, 1.807) is 0 Å². The van der Waals surface area contributed by atoms with E-state index in [1.165, 1.54) is 57.8 Å². The molecule has 4 N–H and O–H groups in total. The highest BCUT2D eigenvalue weighted by Crippen LogP contribution is 2.45. The fourth-order valence-corrected chi connectivity index (χ4v) is 5.12. The summed E-state index contributed by atoms with van der Waals surface area (Å²) in [7, 11) is -4.39. The average molecular weight is 603 g/mol. The number of hydrogen-bond donors (Lipinski definition) is 4. The second kappa shape index (κ2) is 22.3. The van der Waals surface area contributed by atoms with E-state index in [2.05, 4.69) is 24.4 Å². The average Bonchev–Trinajstić information content (AvgIpc) is 2.97. The number of hydrogen-bond acceptors (Lipinski definition) is 6. The molecule has 0 aliphatic rings. The first kappa shape index (κ1) is 35.9. The van der Waals surface area contributed by atoms with Crippen molar-refractivity contribution < 1.29 is 28.7 Å². The highest BCUT2D eigenvalue weighted by atomic mass is 31.2. The third-order valence-electron chi connectivity index (χ3n) is 7.13. The standard InChI is InChI=1S/C34H52NO6P/c1-2-3-4-5-6-7-8-9-10-11-12-13-14-15-19-22-34(36)35-32(29-41-42(37,38)39)27-30-23-25-33(26-24-30)40-28-31-20-17-16-18-21-31/h9-10,16-18,20-21,23-26,32,37-39H,2-8,11-15,19,22,27-29H2,1H3/p+1/b10-9-/t32-/m0/s1. The van der Waals surface area contributed by atoms with Gasteiger partial charge in [-0.05, 0) is 61.8 Å². The number of ether oxygens (including phenoxy) is 1. The highest BCUT2D eigenvalue weighted by Gasteiger charge is 2.34. The predicted molar refractivity (Wildman–Crippen MR) is 172 cm³/mol. The summed E-state index contributed by atoms with van der Waals surface area (Å²) in [5, 5.41) is 2.93. The molecule has 42 heavy (non-hydrogen) atoms. The monoisotopic (exact) mass is 602 g/mol. The Morgan fingerprint density at radius 2 is 1.38 bits per heavy atom. The van der Waals surface area contributed by atoms with Gasteiger partial charge in [0.05, 0.1) is 6.04 Å². The molecule has 0 spiro atoms. The zero-order valence-corrected chi connectivity index (χ0v) is 26.4. The molecule has 0 fully saturated rings. The first-order chi connectivity index (χ1) is 20.4. The van der Waals surface area contributed by atoms with Crippen molar-refractivity contribution in [3.05, 3.63) is 77.9 Å². The van der Waals surface area contributed by atoms with E-state index in [0.29, 0.717) is 19.4 Å². The van der Waals surface area contributed by atoms with Gasteiger partial charge < -0.3 is 10.1 Å². The number of allylic oxidation sites excluding steroid dienone is 2. The van der Waals surface area contributed by atoms with E-state index in [-0.39, 0.29) is 12.5 Å². The number of nitrogens with one attached hydrogen (secondary N) is 1. The molecule has 2 aromatic carbocycles. The lowest BCUT2D eigenvalue weighted by atomic mass is 10.1. The van der Waals surface area contributed by atoms with E-state index in [9.17, 15) is 19.5 Å². The van der Waals surface area contributed by atoms with Gasteiger partial charge in [-0.15, -0.1) is 0 Å². The van der Waals surface area contributed by atoms with E-state index >= 15 is 0 Å². The van der Waals surface area contributed by atoms with Crippen LogP contribution in [0.4, 0.5) is 0 Å². The Kier molecular flexibility index (Phi) is 19.1. The van der Waals surface area contributed by atoms with Gasteiger partial charge in [0.1, 0.15) is 19.0 Å². The Balaban J connectivity index is 1.63. The molecule has 2 aromatic rings. The normalized spacial score (nSPS) is 12.5. The van der Waals surface area contributed by atoms with Crippen LogP contribution >= 0.6 is 8.17 Å². The van der Waals surface area contributed by atoms with Crippen LogP contribution in [0, 0.1) is 0 Å². The van der Waals surface area contributed by atoms with Crippen LogP contribution in [-0.2, 0) is 22.3 Å². The van der Waals surface area contributed by atoms with Crippen molar-refractivity contribution in [2.24, 2.45) is 0 Å². The Morgan fingerprint density at radius 3 is 2.00 bits per heavy atom. The molecule has 0 saturated heterocycles. The Morgan fingerprint density at radius 1 is 0.786 bits per heavy atom. The molecule has 0 heterocycles. The minimum Gasteiger partial charge on any atom is -0.489 e. The van der Waals surface area contributed by atoms with Crippen molar-refractivity contribution >= 4 is 14.1 Å². The van der Waals surface area contributed by atoms with Gasteiger partial charge in [0.25, 0.3) is 0 Å². The third kappa shape index (κ3) is 19.0. The van der Waals surface area contributed by atoms with Crippen LogP contribution in [0.1, 0.15) is 108 Å². The van der Waals surface area contributed by atoms with Gasteiger partial charge in [-0.2, -0.15) is 19.2 Å². The second-order valence-electron chi connectivity index (χ2n) is 11.0. The van der Waals surface area contributed by atoms with Crippen molar-refractivity contribution in [1.29, 1.82) is 0 Å². The predicted octanol–water partition coefficient (Wildman–Crippen LogP) is 8.00. The van der Waals surface area contributed by atoms with Crippen molar-refractivity contribution in [3.63, 3.8) is 0 Å². The smallest absolute Gasteiger partial charge is 0.489 e. The third-order valence-corrected chi connectivity index (χ3v) is 7.63. The SMILES string of the molecule is CCCCCCCC/C=C\CCCCCCCC(=O)N[C@H](CO[P+](O)(O)O)Cc1ccc(OCc2ccccc2)cc1. The molecule has 234 valence electrons. The Labute approximate surface area is 254 Å². The van der Waals surface area contributed by atoms with Crippen molar-refractivity contribution in [3.8, 4) is 5.75 Å². The quantitative estimate of drug-likeness (QED) is 0.0551. The van der Waals surface area contributed by atoms with E-state index in [1.807, 2.05) is 54.6 Å². The van der Waals surface area contributed by atoms with Crippen LogP contribution in [-0.4, -0.2) is 33.2 Å². The Bertz CT molecular complexity index is 978. The zero-order valence-electron chi connectivity index (χ0n) is 25.5. The molecule has 0 bridgehead atoms. The van der Waals surface area contributed by atoms with Crippen LogP contribution in [0.25, 0.3) is 0 Å². The zero-order chi connectivity index (χ0) is 30.3. The first-order valence-corrected chi connectivity index (χ1v) is 17.3. The number of amides is 1. The molecule has 0 aliphatic carbocycles. The van der Waals surface area contributed by atoms with Gasteiger partial charge in [0, 0.05) is 6.42 Å². The molecular weight excluding hydrogens is 549 g/mol. The van der Waals surface area contributed by atoms with Gasteiger partial charge in [-0.25, -0.2) is 0 Å². The molecular formula is C34H53NO6P+. The molecule has 7 nitrogen and oxygen atoms in total. The van der Waals surface area contributed by atoms with Crippen LogP contribution in [0.3, 0.4) is 0 Å². The van der Waals surface area contributed by atoms with Gasteiger partial charge in [-0.1, -0.05) is 113 Å². The van der Waals surface area contributed by atoms with Crippen molar-refractivity contribution in [1.82, 2.24) is 5.32 Å². The summed E-state index contributed by atoms with van der Waals surface area (Å²) in [4.78, 5) is 40.4. The maximum atomic E-state index is 12.6. The molecule has 0 radical (unpaired) electrons. The van der Waals surface area contributed by atoms with Gasteiger partial charge in [0.15, 0.2) is 0 Å². The summed E-state index contributed by atoms with van der Waals surface area (Å²) in [6.45, 7) is 2.51. The fraction of sp³-hybridized carbons (Fsp3) is 0.559. The summed E-state index contributed by atoms with van der Waals surface area (Å²) in [5.41, 5.74) is 2.01. The molecule has 8 heteroatoms. The lowest BCUT2D eigenvalue weighted by Gasteiger charge is -2.18. The molecule has 0 aromatic heterocycles. The number of carbonyl (C=O) groups is 1. The van der Waals surface area contributed by atoms with Crippen LogP contribution in [0.2, 0.25) is 0 Å². The van der Waals surface area contributed by atoms with Gasteiger partial charge in [0.2, 0.25) is 5.91 Å². The lowest BCUT2D eigenvalue weighted by molar-refractivity contribution is -0.122. The maximum Gasteiger partial charge on any atom is 0.567 e. The first-order valence-electron chi connectivity index (χ1n) is 15.8. The summed E-state index contributed by atoms with van der Waals surface area (Å²) in [6, 6.07) is 16.9. The van der Waals surface area contributed by atoms with Crippen molar-refractivity contribution in [2.45, 2.75) is 116 Å². The number of unbranched alkanes of at least 4 members (excludes halogenated alkanes) is 11. The van der Waals surface area contributed by atoms with Gasteiger partial charge in [-0.3, -0.25) is 4.79 Å². The summed E-state index contributed by atoms with van der Waals surface area (Å²) in [6.07, 6.45) is 21.1. The van der Waals surface area contributed by atoms with Crippen LogP contribution < -0.4 is 10.1 Å². The molecule has 0 unspecified atom stereocenters. The van der Waals surface area contributed by atoms with Gasteiger partial charge >= 0.3 is 8.17 Å². The summed E-state index contributed by atoms with van der Waals surface area (Å²) in [5.74, 6) is 0.622. The number of benzene rings is 2. The summed E-state index contributed by atoms with van der Waals surface area (Å²) >= 11 is 0. The number of carbonyl (C=O) groups excluding carboxylic acids is 1. The molecule has 1 atom stereocenters. The second-order valence-corrected chi connectivity index (χ2v) is 12.3. The topological polar surface area (TPSA) is 108 Å². The molecule has 0 aliphatic heterocycles. The van der Waals surface area contributed by atoms with E-state index < -0.39 is 14.2 Å². The minimum atomic E-state index is -4.39. The minimum absolute atomic E-state index is 0.109. The van der Waals surface area contributed by atoms with Crippen molar-refractivity contribution in [2.75, 3.05) is 6.61 Å². The number of rotatable bonds is 24. The maximum absolute atomic E-state index is 12.6. The summed E-state index contributed by atoms with van der Waals surface area (Å²) < 4.78 is 10.7. The molecule has 1 amide bonds. The van der Waals surface area contributed by atoms with Crippen LogP contribution in [0.15, 0.2) is 66.7 Å². The van der Waals surface area contributed by atoms with Crippen LogP contribution in [0.5, 0.6) is 5.75 Å². The van der Waals surface area contributed by atoms with E-state index in [4.69, 9.17) is 9.26 Å². The fourth-order valence-electron chi connectivity index (χ4n) is 4.74. The highest BCUT2D eigenvalue weighted by molar-refractivity contribution is 7.53. The molecule has 0 saturated carbocycles. The van der Waals surface area contributed by atoms with E-state index in [0.717, 1.165) is 42.6 Å². The lowest BCUT2D eigenvalue weighted by Crippen LogP contribution is -2.39. The molecule has 2 rings (SSSR count). The Hall–Kier alpha value is -2.28. The largest absolute Gasteiger partial charge is 0.567 e.